The Balaban J connectivity index is 2.10. The van der Waals surface area contributed by atoms with E-state index in [1.54, 1.807) is 0 Å². The van der Waals surface area contributed by atoms with Crippen molar-refractivity contribution in [1.82, 2.24) is 10.2 Å². The number of likely N-dealkylation sites (tertiary alicyclic amines) is 1. The predicted molar refractivity (Wildman–Crippen MR) is 70.3 cm³/mol. The van der Waals surface area contributed by atoms with Gasteiger partial charge in [0.1, 0.15) is 0 Å². The first-order chi connectivity index (χ1) is 8.63. The van der Waals surface area contributed by atoms with Crippen LogP contribution in [0.3, 0.4) is 0 Å². The second-order valence-electron chi connectivity index (χ2n) is 4.90. The molecule has 1 heterocycles. The van der Waals surface area contributed by atoms with Crippen molar-refractivity contribution in [3.8, 4) is 0 Å². The fourth-order valence-electron chi connectivity index (χ4n) is 2.26. The van der Waals surface area contributed by atoms with Crippen LogP contribution in [0.2, 0.25) is 0 Å². The topological polar surface area (TPSA) is 61.8 Å². The second kappa shape index (κ2) is 8.45. The van der Waals surface area contributed by atoms with E-state index >= 15 is 0 Å². The maximum absolute atomic E-state index is 11.6. The number of nitrogens with zero attached hydrogens (tertiary/aromatic N) is 1. The zero-order valence-electron chi connectivity index (χ0n) is 11.5. The molecule has 1 amide bonds. The molecular weight excluding hydrogens is 232 g/mol. The first kappa shape index (κ1) is 15.4. The van der Waals surface area contributed by atoms with Crippen LogP contribution < -0.4 is 5.32 Å². The Morgan fingerprint density at radius 3 is 2.72 bits per heavy atom. The van der Waals surface area contributed by atoms with Gasteiger partial charge in [-0.25, -0.2) is 0 Å². The quantitative estimate of drug-likeness (QED) is 0.642. The summed E-state index contributed by atoms with van der Waals surface area (Å²) < 4.78 is 5.16. The summed E-state index contributed by atoms with van der Waals surface area (Å²) in [4.78, 5) is 13.8. The average molecular weight is 258 g/mol. The Kier molecular flexibility index (Phi) is 7.23. The zero-order chi connectivity index (χ0) is 13.4. The molecule has 0 aromatic rings. The Morgan fingerprint density at radius 2 is 2.17 bits per heavy atom. The van der Waals surface area contributed by atoms with Crippen LogP contribution >= 0.6 is 0 Å². The van der Waals surface area contributed by atoms with Crippen LogP contribution in [0.4, 0.5) is 0 Å². The van der Waals surface area contributed by atoms with Gasteiger partial charge in [-0.2, -0.15) is 0 Å². The molecule has 0 aromatic heterocycles. The van der Waals surface area contributed by atoms with Crippen LogP contribution in [0.5, 0.6) is 0 Å². The molecule has 0 saturated carbocycles. The molecule has 0 bridgehead atoms. The fraction of sp³-hybridized carbons (Fsp3) is 0.923. The normalized spacial score (nSPS) is 19.7. The second-order valence-corrected chi connectivity index (χ2v) is 4.90. The Labute approximate surface area is 109 Å². The summed E-state index contributed by atoms with van der Waals surface area (Å²) in [5.41, 5.74) is 0. The van der Waals surface area contributed by atoms with Gasteiger partial charge < -0.3 is 15.2 Å². The summed E-state index contributed by atoms with van der Waals surface area (Å²) in [6.45, 7) is 7.88. The first-order valence-corrected chi connectivity index (χ1v) is 6.88. The van der Waals surface area contributed by atoms with Crippen molar-refractivity contribution in [1.29, 1.82) is 0 Å². The highest BCUT2D eigenvalue weighted by molar-refractivity contribution is 5.77. The molecule has 5 nitrogen and oxygen atoms in total. The van der Waals surface area contributed by atoms with Crippen LogP contribution in [0.25, 0.3) is 0 Å². The number of carbonyl (C=O) groups is 1. The number of aliphatic hydroxyl groups excluding tert-OH is 1. The number of aliphatic hydroxyl groups is 1. The maximum atomic E-state index is 11.6. The van der Waals surface area contributed by atoms with E-state index in [2.05, 4.69) is 10.2 Å². The van der Waals surface area contributed by atoms with Crippen molar-refractivity contribution in [2.45, 2.75) is 32.8 Å². The Bertz CT molecular complexity index is 238. The molecule has 0 aliphatic carbocycles. The largest absolute Gasteiger partial charge is 0.393 e. The van der Waals surface area contributed by atoms with Crippen molar-refractivity contribution >= 4 is 5.91 Å². The lowest BCUT2D eigenvalue weighted by molar-refractivity contribution is -0.122. The highest BCUT2D eigenvalue weighted by Crippen LogP contribution is 2.19. The third-order valence-corrected chi connectivity index (χ3v) is 3.45. The standard InChI is InChI=1S/C13H26N2O3/c1-3-18-9-6-14-13(17)10-15-7-4-12(5-8-15)11(2)16/h11-12,16H,3-10H2,1-2H3,(H,14,17). The molecule has 0 aromatic carbocycles. The maximum Gasteiger partial charge on any atom is 0.234 e. The van der Waals surface area contributed by atoms with Gasteiger partial charge in [-0.15, -0.1) is 0 Å². The number of amides is 1. The molecule has 106 valence electrons. The monoisotopic (exact) mass is 258 g/mol. The summed E-state index contributed by atoms with van der Waals surface area (Å²) in [5.74, 6) is 0.451. The van der Waals surface area contributed by atoms with Crippen LogP contribution in [-0.2, 0) is 9.53 Å². The van der Waals surface area contributed by atoms with Crippen molar-refractivity contribution in [2.24, 2.45) is 5.92 Å². The molecule has 0 radical (unpaired) electrons. The van der Waals surface area contributed by atoms with Crippen molar-refractivity contribution in [3.63, 3.8) is 0 Å². The van der Waals surface area contributed by atoms with E-state index in [0.29, 0.717) is 32.2 Å². The van der Waals surface area contributed by atoms with E-state index in [-0.39, 0.29) is 12.0 Å². The van der Waals surface area contributed by atoms with Gasteiger partial charge in [-0.05, 0) is 45.7 Å². The van der Waals surface area contributed by atoms with Gasteiger partial charge in [0, 0.05) is 13.2 Å². The van der Waals surface area contributed by atoms with Gasteiger partial charge in [-0.1, -0.05) is 0 Å². The highest BCUT2D eigenvalue weighted by Gasteiger charge is 2.23. The Morgan fingerprint density at radius 1 is 1.50 bits per heavy atom. The molecule has 1 unspecified atom stereocenters. The summed E-state index contributed by atoms with van der Waals surface area (Å²) in [6.07, 6.45) is 1.72. The lowest BCUT2D eigenvalue weighted by Crippen LogP contribution is -2.43. The predicted octanol–water partition coefficient (Wildman–Crippen LogP) is 0.232. The van der Waals surface area contributed by atoms with Crippen molar-refractivity contribution < 1.29 is 14.6 Å². The molecule has 18 heavy (non-hydrogen) atoms. The van der Waals surface area contributed by atoms with E-state index in [1.807, 2.05) is 13.8 Å². The van der Waals surface area contributed by atoms with Crippen LogP contribution in [0.1, 0.15) is 26.7 Å². The number of piperidine rings is 1. The molecule has 1 fully saturated rings. The molecule has 2 N–H and O–H groups in total. The molecule has 1 aliphatic rings. The minimum Gasteiger partial charge on any atom is -0.393 e. The van der Waals surface area contributed by atoms with Crippen molar-refractivity contribution in [3.05, 3.63) is 0 Å². The minimum atomic E-state index is -0.229. The van der Waals surface area contributed by atoms with E-state index in [1.165, 1.54) is 0 Å². The molecule has 1 rings (SSSR count). The van der Waals surface area contributed by atoms with E-state index < -0.39 is 0 Å². The molecule has 1 aliphatic heterocycles. The molecule has 1 atom stereocenters. The highest BCUT2D eigenvalue weighted by atomic mass is 16.5. The number of nitrogens with one attached hydrogen (secondary N) is 1. The third kappa shape index (κ3) is 5.80. The fourth-order valence-corrected chi connectivity index (χ4v) is 2.26. The summed E-state index contributed by atoms with van der Waals surface area (Å²) in [6, 6.07) is 0. The summed E-state index contributed by atoms with van der Waals surface area (Å²) >= 11 is 0. The molecule has 5 heteroatoms. The lowest BCUT2D eigenvalue weighted by Gasteiger charge is -2.32. The number of hydrogen-bond donors (Lipinski definition) is 2. The number of carbonyl (C=O) groups excluding carboxylic acids is 1. The molecule has 1 saturated heterocycles. The van der Waals surface area contributed by atoms with Gasteiger partial charge in [0.05, 0.1) is 19.3 Å². The van der Waals surface area contributed by atoms with Gasteiger partial charge in [0.2, 0.25) is 5.91 Å². The lowest BCUT2D eigenvalue weighted by atomic mass is 9.92. The SMILES string of the molecule is CCOCCNC(=O)CN1CCC(C(C)O)CC1. The van der Waals surface area contributed by atoms with E-state index in [4.69, 9.17) is 4.74 Å². The smallest absolute Gasteiger partial charge is 0.234 e. The van der Waals surface area contributed by atoms with Gasteiger partial charge >= 0.3 is 0 Å². The summed E-state index contributed by atoms with van der Waals surface area (Å²) in [5, 5.41) is 12.3. The number of rotatable bonds is 7. The zero-order valence-corrected chi connectivity index (χ0v) is 11.5. The van der Waals surface area contributed by atoms with Crippen LogP contribution in [0.15, 0.2) is 0 Å². The Hall–Kier alpha value is -0.650. The minimum absolute atomic E-state index is 0.0604. The number of hydrogen-bond acceptors (Lipinski definition) is 4. The summed E-state index contributed by atoms with van der Waals surface area (Å²) in [7, 11) is 0. The average Bonchev–Trinajstić information content (AvgIpc) is 2.35. The van der Waals surface area contributed by atoms with Gasteiger partial charge in [0.15, 0.2) is 0 Å². The third-order valence-electron chi connectivity index (χ3n) is 3.45. The van der Waals surface area contributed by atoms with Crippen LogP contribution in [-0.4, -0.2) is 61.4 Å². The van der Waals surface area contributed by atoms with Gasteiger partial charge in [0.25, 0.3) is 0 Å². The molecular formula is C13H26N2O3. The first-order valence-electron chi connectivity index (χ1n) is 6.88. The van der Waals surface area contributed by atoms with Crippen molar-refractivity contribution in [2.75, 3.05) is 39.4 Å². The van der Waals surface area contributed by atoms with E-state index in [9.17, 15) is 9.90 Å². The van der Waals surface area contributed by atoms with Crippen LogP contribution in [0, 0.1) is 5.92 Å². The molecule has 0 spiro atoms. The van der Waals surface area contributed by atoms with E-state index in [0.717, 1.165) is 25.9 Å². The van der Waals surface area contributed by atoms with Gasteiger partial charge in [-0.3, -0.25) is 9.69 Å². The number of ether oxygens (including phenoxy) is 1.